The summed E-state index contributed by atoms with van der Waals surface area (Å²) in [5, 5.41) is 1.14. The number of rotatable bonds is 6. The van der Waals surface area contributed by atoms with Crippen molar-refractivity contribution in [1.29, 1.82) is 0 Å². The van der Waals surface area contributed by atoms with Crippen molar-refractivity contribution in [3.8, 4) is 0 Å². The highest BCUT2D eigenvalue weighted by molar-refractivity contribution is 6.02. The van der Waals surface area contributed by atoms with Crippen LogP contribution in [0.4, 0.5) is 0 Å². The first-order chi connectivity index (χ1) is 17.6. The number of benzene rings is 3. The fraction of sp³-hybridized carbons (Fsp3) is 0.290. The van der Waals surface area contributed by atoms with E-state index in [1.165, 1.54) is 0 Å². The Morgan fingerprint density at radius 1 is 0.667 bits per heavy atom. The molecule has 182 valence electrons. The van der Waals surface area contributed by atoms with Gasteiger partial charge in [0, 0.05) is 47.7 Å². The largest absolute Gasteiger partial charge is 0.345 e. The Hall–Kier alpha value is -3.86. The minimum Gasteiger partial charge on any atom is -0.345 e. The molecular formula is C31H31N3O2. The van der Waals surface area contributed by atoms with E-state index in [0.717, 1.165) is 57.3 Å². The number of carbonyl (C=O) groups excluding carboxylic acids is 2. The summed E-state index contributed by atoms with van der Waals surface area (Å²) in [5.74, 6) is 0.173. The Bertz CT molecular complexity index is 1500. The molecule has 2 atom stereocenters. The Morgan fingerprint density at radius 3 is 1.78 bits per heavy atom. The van der Waals surface area contributed by atoms with Gasteiger partial charge in [0.25, 0.3) is 11.8 Å². The van der Waals surface area contributed by atoms with Crippen LogP contribution in [0.1, 0.15) is 81.9 Å². The van der Waals surface area contributed by atoms with Crippen LogP contribution in [0.5, 0.6) is 0 Å². The summed E-state index contributed by atoms with van der Waals surface area (Å²) in [7, 11) is 2.10. The molecule has 4 aromatic rings. The quantitative estimate of drug-likeness (QED) is 0.337. The van der Waals surface area contributed by atoms with Crippen molar-refractivity contribution < 1.29 is 9.59 Å². The molecule has 3 heterocycles. The second-order valence-electron chi connectivity index (χ2n) is 9.85. The predicted molar refractivity (Wildman–Crippen MR) is 142 cm³/mol. The number of amides is 2. The van der Waals surface area contributed by atoms with Crippen LogP contribution in [-0.2, 0) is 7.05 Å². The van der Waals surface area contributed by atoms with Crippen LogP contribution < -0.4 is 0 Å². The molecule has 5 nitrogen and oxygen atoms in total. The molecule has 0 bridgehead atoms. The molecule has 0 fully saturated rings. The zero-order valence-electron chi connectivity index (χ0n) is 21.1. The topological polar surface area (TPSA) is 45.6 Å². The van der Waals surface area contributed by atoms with E-state index in [9.17, 15) is 9.59 Å². The average molecular weight is 478 g/mol. The second kappa shape index (κ2) is 8.66. The summed E-state index contributed by atoms with van der Waals surface area (Å²) in [5.41, 5.74) is 7.00. The van der Waals surface area contributed by atoms with Crippen molar-refractivity contribution >= 4 is 22.7 Å². The van der Waals surface area contributed by atoms with E-state index in [2.05, 4.69) is 61.9 Å². The van der Waals surface area contributed by atoms with E-state index in [0.29, 0.717) is 13.1 Å². The number of carbonyl (C=O) groups is 2. The lowest BCUT2D eigenvalue weighted by molar-refractivity contribution is 0.0726. The molecule has 0 unspecified atom stereocenters. The second-order valence-corrected chi connectivity index (χ2v) is 9.85. The van der Waals surface area contributed by atoms with Gasteiger partial charge in [-0.25, -0.2) is 0 Å². The molecule has 0 radical (unpaired) electrons. The van der Waals surface area contributed by atoms with Gasteiger partial charge in [-0.05, 0) is 42.2 Å². The molecule has 0 saturated carbocycles. The van der Waals surface area contributed by atoms with Gasteiger partial charge in [-0.1, -0.05) is 68.4 Å². The number of hydrogen-bond acceptors (Lipinski definition) is 2. The van der Waals surface area contributed by atoms with Crippen molar-refractivity contribution in [2.45, 2.75) is 38.8 Å². The lowest BCUT2D eigenvalue weighted by Gasteiger charge is -2.31. The zero-order chi connectivity index (χ0) is 25.0. The van der Waals surface area contributed by atoms with Crippen molar-refractivity contribution in [2.24, 2.45) is 7.05 Å². The lowest BCUT2D eigenvalue weighted by Crippen LogP contribution is -2.33. The van der Waals surface area contributed by atoms with Gasteiger partial charge < -0.3 is 14.4 Å². The highest BCUT2D eigenvalue weighted by Gasteiger charge is 2.45. The third-order valence-corrected chi connectivity index (χ3v) is 7.77. The van der Waals surface area contributed by atoms with E-state index in [-0.39, 0.29) is 23.9 Å². The maximum absolute atomic E-state index is 13.6. The summed E-state index contributed by atoms with van der Waals surface area (Å²) in [6.45, 7) is 5.59. The predicted octanol–water partition coefficient (Wildman–Crippen LogP) is 6.09. The lowest BCUT2D eigenvalue weighted by atomic mass is 9.91. The SMILES string of the molecule is CCCN1C(=O)c2ccccc2[C@H]1c1c([C@@H]2c3ccccc3C(=O)N2CCC)n(C)c2ccccc12. The van der Waals surface area contributed by atoms with Crippen molar-refractivity contribution in [2.75, 3.05) is 13.1 Å². The normalized spacial score (nSPS) is 18.9. The van der Waals surface area contributed by atoms with E-state index in [1.54, 1.807) is 0 Å². The van der Waals surface area contributed by atoms with Crippen LogP contribution in [0.15, 0.2) is 72.8 Å². The third-order valence-electron chi connectivity index (χ3n) is 7.77. The molecule has 36 heavy (non-hydrogen) atoms. The summed E-state index contributed by atoms with van der Waals surface area (Å²) in [4.78, 5) is 31.3. The monoisotopic (exact) mass is 477 g/mol. The van der Waals surface area contributed by atoms with Gasteiger partial charge >= 0.3 is 0 Å². The number of fused-ring (bicyclic) bond motifs is 3. The van der Waals surface area contributed by atoms with E-state index in [1.807, 2.05) is 46.2 Å². The van der Waals surface area contributed by atoms with Crippen LogP contribution in [-0.4, -0.2) is 39.3 Å². The van der Waals surface area contributed by atoms with Crippen molar-refractivity contribution in [1.82, 2.24) is 14.4 Å². The first kappa shape index (κ1) is 22.6. The maximum Gasteiger partial charge on any atom is 0.255 e. The van der Waals surface area contributed by atoms with Gasteiger partial charge in [0.15, 0.2) is 0 Å². The molecule has 0 spiro atoms. The number of hydrogen-bond donors (Lipinski definition) is 0. The molecule has 3 aromatic carbocycles. The minimum absolute atomic E-state index is 0.0852. The fourth-order valence-corrected chi connectivity index (χ4v) is 6.35. The van der Waals surface area contributed by atoms with Gasteiger partial charge in [0.1, 0.15) is 0 Å². The molecular weight excluding hydrogens is 446 g/mol. The Kier molecular flexibility index (Phi) is 5.44. The van der Waals surface area contributed by atoms with Gasteiger partial charge in [0.2, 0.25) is 0 Å². The van der Waals surface area contributed by atoms with Crippen molar-refractivity contribution in [3.05, 3.63) is 106 Å². The molecule has 5 heteroatoms. The maximum atomic E-state index is 13.6. The Labute approximate surface area is 211 Å². The number of para-hydroxylation sites is 1. The van der Waals surface area contributed by atoms with Crippen LogP contribution in [0, 0.1) is 0 Å². The van der Waals surface area contributed by atoms with Crippen molar-refractivity contribution in [3.63, 3.8) is 0 Å². The van der Waals surface area contributed by atoms with Crippen LogP contribution in [0.2, 0.25) is 0 Å². The Balaban J connectivity index is 1.68. The molecule has 0 aliphatic carbocycles. The number of aromatic nitrogens is 1. The standard InChI is InChI=1S/C31H31N3O2/c1-4-18-33-27(20-12-6-8-14-22(20)30(33)35)26-24-16-10-11-17-25(24)32(3)29(26)28-21-13-7-9-15-23(21)31(36)34(28)19-5-2/h6-17,27-28H,4-5,18-19H2,1-3H3/t27-,28-/m0/s1. The van der Waals surface area contributed by atoms with Gasteiger partial charge in [0.05, 0.1) is 17.8 Å². The highest BCUT2D eigenvalue weighted by atomic mass is 16.2. The number of nitrogens with zero attached hydrogens (tertiary/aromatic N) is 3. The number of aryl methyl sites for hydroxylation is 1. The summed E-state index contributed by atoms with van der Waals surface area (Å²) < 4.78 is 2.25. The highest BCUT2D eigenvalue weighted by Crippen LogP contribution is 2.49. The summed E-state index contributed by atoms with van der Waals surface area (Å²) in [6, 6.07) is 24.1. The third kappa shape index (κ3) is 3.08. The van der Waals surface area contributed by atoms with Crippen LogP contribution in [0.25, 0.3) is 10.9 Å². The van der Waals surface area contributed by atoms with Gasteiger partial charge in [-0.3, -0.25) is 9.59 Å². The summed E-state index contributed by atoms with van der Waals surface area (Å²) >= 11 is 0. The van der Waals surface area contributed by atoms with Gasteiger partial charge in [-0.15, -0.1) is 0 Å². The molecule has 6 rings (SSSR count). The molecule has 0 saturated heterocycles. The molecule has 2 aliphatic rings. The fourth-order valence-electron chi connectivity index (χ4n) is 6.35. The van der Waals surface area contributed by atoms with Gasteiger partial charge in [-0.2, -0.15) is 0 Å². The van der Waals surface area contributed by atoms with Crippen LogP contribution in [0.3, 0.4) is 0 Å². The molecule has 0 N–H and O–H groups in total. The Morgan fingerprint density at radius 2 is 1.17 bits per heavy atom. The van der Waals surface area contributed by atoms with E-state index >= 15 is 0 Å². The van der Waals surface area contributed by atoms with E-state index in [4.69, 9.17) is 0 Å². The molecule has 2 amide bonds. The molecule has 1 aromatic heterocycles. The zero-order valence-corrected chi connectivity index (χ0v) is 21.1. The smallest absolute Gasteiger partial charge is 0.255 e. The average Bonchev–Trinajstić information content (AvgIpc) is 3.45. The first-order valence-corrected chi connectivity index (χ1v) is 12.9. The minimum atomic E-state index is -0.201. The summed E-state index contributed by atoms with van der Waals surface area (Å²) in [6.07, 6.45) is 1.76. The van der Waals surface area contributed by atoms with Crippen LogP contribution >= 0.6 is 0 Å². The van der Waals surface area contributed by atoms with E-state index < -0.39 is 0 Å². The first-order valence-electron chi connectivity index (χ1n) is 12.9. The molecule has 2 aliphatic heterocycles.